The highest BCUT2D eigenvalue weighted by Gasteiger charge is 2.02. The molecule has 0 unspecified atom stereocenters. The quantitative estimate of drug-likeness (QED) is 0.762. The van der Waals surface area contributed by atoms with Crippen molar-refractivity contribution in [2.75, 3.05) is 6.54 Å². The molecule has 2 amide bonds. The molecule has 0 bridgehead atoms. The number of aryl methyl sites for hydroxylation is 1. The van der Waals surface area contributed by atoms with Crippen LogP contribution in [-0.2, 0) is 6.54 Å². The van der Waals surface area contributed by atoms with E-state index in [4.69, 9.17) is 0 Å². The van der Waals surface area contributed by atoms with Gasteiger partial charge in [-0.15, -0.1) is 0 Å². The van der Waals surface area contributed by atoms with Crippen molar-refractivity contribution in [3.05, 3.63) is 35.1 Å². The second kappa shape index (κ2) is 7.77. The highest BCUT2D eigenvalue weighted by molar-refractivity contribution is 5.73. The Morgan fingerprint density at radius 1 is 1.32 bits per heavy atom. The Kier molecular flexibility index (Phi) is 6.33. The summed E-state index contributed by atoms with van der Waals surface area (Å²) in [6.45, 7) is 7.14. The summed E-state index contributed by atoms with van der Waals surface area (Å²) in [6.07, 6.45) is 2.10. The van der Waals surface area contributed by atoms with Gasteiger partial charge in [0, 0.05) is 13.1 Å². The van der Waals surface area contributed by atoms with E-state index in [1.165, 1.54) is 6.07 Å². The monoisotopic (exact) mass is 266 g/mol. The minimum Gasteiger partial charge on any atom is -0.338 e. The molecule has 0 radical (unpaired) electrons. The third kappa shape index (κ3) is 6.22. The van der Waals surface area contributed by atoms with Gasteiger partial charge in [0.15, 0.2) is 0 Å². The van der Waals surface area contributed by atoms with E-state index in [0.717, 1.165) is 18.4 Å². The molecule has 0 atom stereocenters. The lowest BCUT2D eigenvalue weighted by atomic mass is 10.1. The predicted octanol–water partition coefficient (Wildman–Crippen LogP) is 3.37. The number of carbonyl (C=O) groups is 1. The first-order chi connectivity index (χ1) is 8.99. The summed E-state index contributed by atoms with van der Waals surface area (Å²) >= 11 is 0. The van der Waals surface area contributed by atoms with Crippen molar-refractivity contribution in [2.24, 2.45) is 5.92 Å². The number of amides is 2. The van der Waals surface area contributed by atoms with Gasteiger partial charge in [-0.25, -0.2) is 9.18 Å². The normalized spacial score (nSPS) is 10.6. The molecule has 0 saturated carbocycles. The molecule has 0 fully saturated rings. The number of hydrogen-bond donors (Lipinski definition) is 2. The fourth-order valence-electron chi connectivity index (χ4n) is 1.77. The van der Waals surface area contributed by atoms with Crippen LogP contribution in [0.3, 0.4) is 0 Å². The minimum atomic E-state index is -0.220. The average molecular weight is 266 g/mol. The number of benzene rings is 1. The molecule has 0 aliphatic carbocycles. The highest BCUT2D eigenvalue weighted by Crippen LogP contribution is 2.08. The van der Waals surface area contributed by atoms with Gasteiger partial charge in [-0.2, -0.15) is 0 Å². The Balaban J connectivity index is 2.24. The zero-order chi connectivity index (χ0) is 14.3. The van der Waals surface area contributed by atoms with Gasteiger partial charge in [0.1, 0.15) is 5.82 Å². The zero-order valence-electron chi connectivity index (χ0n) is 11.9. The Labute approximate surface area is 114 Å². The Hall–Kier alpha value is -1.58. The number of halogens is 1. The van der Waals surface area contributed by atoms with E-state index < -0.39 is 0 Å². The van der Waals surface area contributed by atoms with Crippen LogP contribution >= 0.6 is 0 Å². The predicted molar refractivity (Wildman–Crippen MR) is 75.4 cm³/mol. The topological polar surface area (TPSA) is 41.1 Å². The first kappa shape index (κ1) is 15.5. The Morgan fingerprint density at radius 3 is 2.68 bits per heavy atom. The van der Waals surface area contributed by atoms with E-state index in [-0.39, 0.29) is 11.8 Å². The molecule has 0 aliphatic heterocycles. The van der Waals surface area contributed by atoms with E-state index in [1.807, 2.05) is 0 Å². The molecule has 1 aromatic carbocycles. The maximum absolute atomic E-state index is 13.1. The summed E-state index contributed by atoms with van der Waals surface area (Å²) in [6, 6.07) is 4.67. The van der Waals surface area contributed by atoms with Crippen molar-refractivity contribution in [3.63, 3.8) is 0 Å². The number of carbonyl (C=O) groups excluding carboxylic acids is 1. The van der Waals surface area contributed by atoms with Gasteiger partial charge >= 0.3 is 6.03 Å². The fraction of sp³-hybridized carbons (Fsp3) is 0.533. The maximum atomic E-state index is 13.1. The standard InChI is InChI=1S/C15H23FN2O/c1-11(2)5-4-8-17-15(19)18-10-13-6-7-14(16)12(3)9-13/h6-7,9,11H,4-5,8,10H2,1-3H3,(H2,17,18,19). The molecule has 1 aromatic rings. The van der Waals surface area contributed by atoms with E-state index in [0.29, 0.717) is 24.6 Å². The van der Waals surface area contributed by atoms with E-state index in [1.54, 1.807) is 19.1 Å². The summed E-state index contributed by atoms with van der Waals surface area (Å²) in [5, 5.41) is 5.57. The van der Waals surface area contributed by atoms with Gasteiger partial charge < -0.3 is 10.6 Å². The van der Waals surface area contributed by atoms with Crippen LogP contribution in [0.2, 0.25) is 0 Å². The summed E-state index contributed by atoms with van der Waals surface area (Å²) < 4.78 is 13.1. The van der Waals surface area contributed by atoms with Gasteiger partial charge in [0.25, 0.3) is 0 Å². The summed E-state index contributed by atoms with van der Waals surface area (Å²) in [7, 11) is 0. The number of nitrogens with one attached hydrogen (secondary N) is 2. The van der Waals surface area contributed by atoms with Gasteiger partial charge in [-0.3, -0.25) is 0 Å². The van der Waals surface area contributed by atoms with Crippen LogP contribution < -0.4 is 10.6 Å². The third-order valence-corrected chi connectivity index (χ3v) is 2.92. The van der Waals surface area contributed by atoms with Crippen molar-refractivity contribution in [3.8, 4) is 0 Å². The van der Waals surface area contributed by atoms with Crippen LogP contribution in [-0.4, -0.2) is 12.6 Å². The van der Waals surface area contributed by atoms with Gasteiger partial charge in [0.2, 0.25) is 0 Å². The van der Waals surface area contributed by atoms with E-state index >= 15 is 0 Å². The molecular weight excluding hydrogens is 243 g/mol. The Morgan fingerprint density at radius 2 is 2.05 bits per heavy atom. The molecule has 19 heavy (non-hydrogen) atoms. The van der Waals surface area contributed by atoms with Crippen molar-refractivity contribution in [1.82, 2.24) is 10.6 Å². The van der Waals surface area contributed by atoms with Crippen molar-refractivity contribution in [1.29, 1.82) is 0 Å². The molecule has 0 spiro atoms. The second-order valence-corrected chi connectivity index (χ2v) is 5.23. The number of rotatable bonds is 6. The maximum Gasteiger partial charge on any atom is 0.315 e. The summed E-state index contributed by atoms with van der Waals surface area (Å²) in [4.78, 5) is 11.5. The second-order valence-electron chi connectivity index (χ2n) is 5.23. The Bertz CT molecular complexity index is 419. The van der Waals surface area contributed by atoms with Gasteiger partial charge in [-0.1, -0.05) is 26.0 Å². The molecule has 0 heterocycles. The van der Waals surface area contributed by atoms with Gasteiger partial charge in [0.05, 0.1) is 0 Å². The van der Waals surface area contributed by atoms with Crippen LogP contribution in [0.4, 0.5) is 9.18 Å². The molecular formula is C15H23FN2O. The first-order valence-corrected chi connectivity index (χ1v) is 6.75. The fourth-order valence-corrected chi connectivity index (χ4v) is 1.77. The molecule has 4 heteroatoms. The summed E-state index contributed by atoms with van der Waals surface area (Å²) in [5.74, 6) is 0.439. The lowest BCUT2D eigenvalue weighted by Gasteiger charge is -2.09. The molecule has 1 rings (SSSR count). The molecule has 106 valence electrons. The largest absolute Gasteiger partial charge is 0.338 e. The van der Waals surface area contributed by atoms with Crippen LogP contribution in [0.15, 0.2) is 18.2 Å². The first-order valence-electron chi connectivity index (χ1n) is 6.75. The lowest BCUT2D eigenvalue weighted by Crippen LogP contribution is -2.35. The van der Waals surface area contributed by atoms with E-state index in [2.05, 4.69) is 24.5 Å². The zero-order valence-corrected chi connectivity index (χ0v) is 11.9. The van der Waals surface area contributed by atoms with Crippen molar-refractivity contribution in [2.45, 2.75) is 40.2 Å². The summed E-state index contributed by atoms with van der Waals surface area (Å²) in [5.41, 5.74) is 1.49. The molecule has 3 nitrogen and oxygen atoms in total. The van der Waals surface area contributed by atoms with Crippen LogP contribution in [0, 0.1) is 18.7 Å². The number of urea groups is 1. The van der Waals surface area contributed by atoms with E-state index in [9.17, 15) is 9.18 Å². The highest BCUT2D eigenvalue weighted by atomic mass is 19.1. The third-order valence-electron chi connectivity index (χ3n) is 2.92. The smallest absolute Gasteiger partial charge is 0.315 e. The molecule has 0 saturated heterocycles. The van der Waals surface area contributed by atoms with Crippen LogP contribution in [0.1, 0.15) is 37.8 Å². The SMILES string of the molecule is Cc1cc(CNC(=O)NCCCC(C)C)ccc1F. The minimum absolute atomic E-state index is 0.175. The molecule has 0 aliphatic rings. The molecule has 2 N–H and O–H groups in total. The lowest BCUT2D eigenvalue weighted by molar-refractivity contribution is 0.240. The average Bonchev–Trinajstić information content (AvgIpc) is 2.36. The van der Waals surface area contributed by atoms with Crippen LogP contribution in [0.25, 0.3) is 0 Å². The van der Waals surface area contributed by atoms with Crippen LogP contribution in [0.5, 0.6) is 0 Å². The number of hydrogen-bond acceptors (Lipinski definition) is 1. The molecule has 0 aromatic heterocycles. The van der Waals surface area contributed by atoms with Crippen molar-refractivity contribution >= 4 is 6.03 Å². The van der Waals surface area contributed by atoms with Crippen molar-refractivity contribution < 1.29 is 9.18 Å². The van der Waals surface area contributed by atoms with Gasteiger partial charge in [-0.05, 0) is 42.9 Å².